The molecule has 3 rings (SSSR count). The Balaban J connectivity index is 1.64. The summed E-state index contributed by atoms with van der Waals surface area (Å²) in [5, 5.41) is 10.9. The zero-order valence-electron chi connectivity index (χ0n) is 15.8. The van der Waals surface area contributed by atoms with E-state index < -0.39 is 0 Å². The van der Waals surface area contributed by atoms with Gasteiger partial charge in [-0.3, -0.25) is 9.59 Å². The lowest BCUT2D eigenvalue weighted by atomic mass is 10.2. The maximum Gasteiger partial charge on any atom is 0.230 e. The van der Waals surface area contributed by atoms with Gasteiger partial charge in [-0.25, -0.2) is 9.37 Å². The SMILES string of the molecule is COc1ccc(NC(C)=O)cc1NC(=O)Cc1csc(Nc2ccc(F)cc2)n1. The Morgan fingerprint density at radius 3 is 2.52 bits per heavy atom. The van der Waals surface area contributed by atoms with Gasteiger partial charge in [-0.15, -0.1) is 11.3 Å². The number of nitrogens with one attached hydrogen (secondary N) is 3. The van der Waals surface area contributed by atoms with Crippen LogP contribution in [-0.4, -0.2) is 23.9 Å². The molecule has 1 aromatic heterocycles. The van der Waals surface area contributed by atoms with E-state index in [0.717, 1.165) is 0 Å². The molecule has 0 aliphatic heterocycles. The van der Waals surface area contributed by atoms with Gasteiger partial charge in [-0.2, -0.15) is 0 Å². The zero-order valence-corrected chi connectivity index (χ0v) is 16.6. The monoisotopic (exact) mass is 414 g/mol. The molecule has 9 heteroatoms. The number of carbonyl (C=O) groups is 2. The van der Waals surface area contributed by atoms with Crippen LogP contribution in [0.1, 0.15) is 12.6 Å². The number of thiazole rings is 1. The van der Waals surface area contributed by atoms with Crippen molar-refractivity contribution in [2.24, 2.45) is 0 Å². The summed E-state index contributed by atoms with van der Waals surface area (Å²) in [5.41, 5.74) is 2.29. The van der Waals surface area contributed by atoms with Gasteiger partial charge < -0.3 is 20.7 Å². The van der Waals surface area contributed by atoms with Crippen molar-refractivity contribution in [2.75, 3.05) is 23.1 Å². The van der Waals surface area contributed by atoms with Gasteiger partial charge in [0, 0.05) is 23.7 Å². The molecule has 0 radical (unpaired) electrons. The number of anilines is 4. The Morgan fingerprint density at radius 1 is 1.10 bits per heavy atom. The van der Waals surface area contributed by atoms with Crippen LogP contribution in [0.15, 0.2) is 47.8 Å². The lowest BCUT2D eigenvalue weighted by Gasteiger charge is -2.12. The van der Waals surface area contributed by atoms with Gasteiger partial charge in [0.05, 0.1) is 24.9 Å². The first-order valence-corrected chi connectivity index (χ1v) is 9.53. The van der Waals surface area contributed by atoms with E-state index in [4.69, 9.17) is 4.74 Å². The summed E-state index contributed by atoms with van der Waals surface area (Å²) in [5.74, 6) is -0.326. The normalized spacial score (nSPS) is 10.3. The average Bonchev–Trinajstić information content (AvgIpc) is 3.10. The van der Waals surface area contributed by atoms with Crippen LogP contribution >= 0.6 is 11.3 Å². The molecule has 0 fully saturated rings. The summed E-state index contributed by atoms with van der Waals surface area (Å²) in [6.45, 7) is 1.41. The highest BCUT2D eigenvalue weighted by atomic mass is 32.1. The topological polar surface area (TPSA) is 92.4 Å². The number of ether oxygens (including phenoxy) is 1. The lowest BCUT2D eigenvalue weighted by molar-refractivity contribution is -0.116. The summed E-state index contributed by atoms with van der Waals surface area (Å²) in [6, 6.07) is 10.9. The summed E-state index contributed by atoms with van der Waals surface area (Å²) in [6.07, 6.45) is 0.0646. The number of aromatic nitrogens is 1. The number of benzene rings is 2. The maximum absolute atomic E-state index is 13.0. The van der Waals surface area contributed by atoms with Crippen molar-refractivity contribution in [2.45, 2.75) is 13.3 Å². The largest absolute Gasteiger partial charge is 0.495 e. The standard InChI is InChI=1S/C20H19FN4O3S/c1-12(26)22-15-7-8-18(28-2)17(9-15)25-19(27)10-16-11-29-20(24-16)23-14-5-3-13(21)4-6-14/h3-9,11H,10H2,1-2H3,(H,22,26)(H,23,24)(H,25,27). The fraction of sp³-hybridized carbons (Fsp3) is 0.150. The highest BCUT2D eigenvalue weighted by molar-refractivity contribution is 7.13. The van der Waals surface area contributed by atoms with Crippen molar-refractivity contribution >= 4 is 45.3 Å². The Bertz CT molecular complexity index is 1020. The van der Waals surface area contributed by atoms with Gasteiger partial charge in [-0.1, -0.05) is 0 Å². The number of carbonyl (C=O) groups excluding carboxylic acids is 2. The van der Waals surface area contributed by atoms with Gasteiger partial charge in [0.25, 0.3) is 0 Å². The van der Waals surface area contributed by atoms with Crippen LogP contribution in [0.2, 0.25) is 0 Å². The van der Waals surface area contributed by atoms with Crippen LogP contribution in [0.3, 0.4) is 0 Å². The third kappa shape index (κ3) is 5.76. The fourth-order valence-corrected chi connectivity index (χ4v) is 3.28. The van der Waals surface area contributed by atoms with Crippen LogP contribution < -0.4 is 20.7 Å². The molecule has 150 valence electrons. The molecule has 2 amide bonds. The van der Waals surface area contributed by atoms with Crippen molar-refractivity contribution in [3.8, 4) is 5.75 Å². The second-order valence-corrected chi connectivity index (χ2v) is 6.96. The number of nitrogens with zero attached hydrogens (tertiary/aromatic N) is 1. The van der Waals surface area contributed by atoms with Gasteiger partial charge in [0.1, 0.15) is 11.6 Å². The summed E-state index contributed by atoms with van der Waals surface area (Å²) < 4.78 is 18.2. The minimum atomic E-state index is -0.315. The number of amides is 2. The highest BCUT2D eigenvalue weighted by Crippen LogP contribution is 2.28. The first kappa shape index (κ1) is 20.3. The maximum atomic E-state index is 13.0. The van der Waals surface area contributed by atoms with Gasteiger partial charge in [-0.05, 0) is 42.5 Å². The van der Waals surface area contributed by atoms with Crippen LogP contribution in [-0.2, 0) is 16.0 Å². The first-order valence-electron chi connectivity index (χ1n) is 8.65. The molecule has 0 bridgehead atoms. The van der Waals surface area contributed by atoms with Crippen LogP contribution in [0.5, 0.6) is 5.75 Å². The number of hydrogen-bond donors (Lipinski definition) is 3. The quantitative estimate of drug-likeness (QED) is 0.540. The minimum Gasteiger partial charge on any atom is -0.495 e. The molecule has 29 heavy (non-hydrogen) atoms. The van der Waals surface area contributed by atoms with Crippen LogP contribution in [0, 0.1) is 5.82 Å². The molecular formula is C20H19FN4O3S. The minimum absolute atomic E-state index is 0.0646. The Labute approximate surface area is 170 Å². The summed E-state index contributed by atoms with van der Waals surface area (Å²) in [7, 11) is 1.50. The predicted molar refractivity (Wildman–Crippen MR) is 111 cm³/mol. The van der Waals surface area contributed by atoms with E-state index in [-0.39, 0.29) is 24.1 Å². The molecule has 7 nitrogen and oxygen atoms in total. The Hall–Kier alpha value is -3.46. The van der Waals surface area contributed by atoms with E-state index in [1.807, 2.05) is 0 Å². The van der Waals surface area contributed by atoms with Crippen molar-refractivity contribution in [3.63, 3.8) is 0 Å². The second kappa shape index (κ2) is 9.16. The molecule has 0 spiro atoms. The van der Waals surface area contributed by atoms with E-state index in [1.165, 1.54) is 37.5 Å². The Morgan fingerprint density at radius 2 is 1.83 bits per heavy atom. The molecule has 0 saturated heterocycles. The van der Waals surface area contributed by atoms with E-state index in [1.54, 1.807) is 35.7 Å². The van der Waals surface area contributed by atoms with Crippen LogP contribution in [0.25, 0.3) is 0 Å². The molecule has 1 heterocycles. The van der Waals surface area contributed by atoms with E-state index in [0.29, 0.717) is 33.6 Å². The smallest absolute Gasteiger partial charge is 0.230 e. The second-order valence-electron chi connectivity index (χ2n) is 6.10. The number of halogens is 1. The molecule has 0 aliphatic carbocycles. The van der Waals surface area contributed by atoms with E-state index in [9.17, 15) is 14.0 Å². The zero-order chi connectivity index (χ0) is 20.8. The van der Waals surface area contributed by atoms with Crippen molar-refractivity contribution in [1.29, 1.82) is 0 Å². The summed E-state index contributed by atoms with van der Waals surface area (Å²) >= 11 is 1.35. The third-order valence-electron chi connectivity index (χ3n) is 3.78. The fourth-order valence-electron chi connectivity index (χ4n) is 2.55. The lowest BCUT2D eigenvalue weighted by Crippen LogP contribution is -2.16. The molecule has 0 unspecified atom stereocenters. The molecule has 0 saturated carbocycles. The molecular weight excluding hydrogens is 395 g/mol. The van der Waals surface area contributed by atoms with Gasteiger partial charge in [0.15, 0.2) is 5.13 Å². The van der Waals surface area contributed by atoms with Crippen LogP contribution in [0.4, 0.5) is 26.6 Å². The molecule has 2 aromatic carbocycles. The molecule has 0 atom stereocenters. The average molecular weight is 414 g/mol. The number of methoxy groups -OCH3 is 1. The van der Waals surface area contributed by atoms with Gasteiger partial charge in [0.2, 0.25) is 11.8 Å². The van der Waals surface area contributed by atoms with Crippen molar-refractivity contribution in [3.05, 3.63) is 59.4 Å². The third-order valence-corrected chi connectivity index (χ3v) is 4.59. The first-order chi connectivity index (χ1) is 13.9. The van der Waals surface area contributed by atoms with E-state index >= 15 is 0 Å². The van der Waals surface area contributed by atoms with Crippen molar-refractivity contribution < 1.29 is 18.7 Å². The van der Waals surface area contributed by atoms with Crippen molar-refractivity contribution in [1.82, 2.24) is 4.98 Å². The molecule has 3 N–H and O–H groups in total. The van der Waals surface area contributed by atoms with E-state index in [2.05, 4.69) is 20.9 Å². The highest BCUT2D eigenvalue weighted by Gasteiger charge is 2.12. The Kier molecular flexibility index (Phi) is 6.40. The summed E-state index contributed by atoms with van der Waals surface area (Å²) in [4.78, 5) is 28.0. The molecule has 0 aliphatic rings. The van der Waals surface area contributed by atoms with Gasteiger partial charge >= 0.3 is 0 Å². The molecule has 3 aromatic rings. The predicted octanol–water partition coefficient (Wildman–Crippen LogP) is 4.17. The number of rotatable bonds is 7. The number of hydrogen-bond acceptors (Lipinski definition) is 6.